The maximum Gasteiger partial charge on any atom is 0.247 e. The quantitative estimate of drug-likeness (QED) is 0.884. The van der Waals surface area contributed by atoms with Crippen LogP contribution in [0.2, 0.25) is 0 Å². The van der Waals surface area contributed by atoms with Crippen molar-refractivity contribution in [3.05, 3.63) is 59.7 Å². The molecular weight excluding hydrogens is 304 g/mol. The van der Waals surface area contributed by atoms with Crippen LogP contribution in [0.4, 0.5) is 11.4 Å². The molecule has 3 rings (SSSR count). The predicted molar refractivity (Wildman–Crippen MR) is 92.2 cm³/mol. The van der Waals surface area contributed by atoms with Gasteiger partial charge in [0.1, 0.15) is 6.04 Å². The monoisotopic (exact) mass is 322 g/mol. The Morgan fingerprint density at radius 1 is 1.00 bits per heavy atom. The van der Waals surface area contributed by atoms with Crippen molar-refractivity contribution in [3.63, 3.8) is 0 Å². The third-order valence-corrected chi connectivity index (χ3v) is 4.18. The Bertz CT molecular complexity index is 812. The molecule has 0 spiro atoms. The fourth-order valence-electron chi connectivity index (χ4n) is 3.00. The van der Waals surface area contributed by atoms with Gasteiger partial charge in [-0.15, -0.1) is 0 Å². The number of nitrogens with one attached hydrogen (secondary N) is 1. The number of rotatable bonds is 3. The number of ketones is 1. The molecule has 0 fully saturated rings. The minimum absolute atomic E-state index is 0.0260. The zero-order chi connectivity index (χ0) is 17.3. The molecule has 1 aliphatic rings. The van der Waals surface area contributed by atoms with Crippen molar-refractivity contribution in [1.82, 2.24) is 0 Å². The van der Waals surface area contributed by atoms with E-state index in [9.17, 15) is 14.4 Å². The second-order valence-electron chi connectivity index (χ2n) is 5.86. The van der Waals surface area contributed by atoms with Crippen molar-refractivity contribution in [2.24, 2.45) is 0 Å². The summed E-state index contributed by atoms with van der Waals surface area (Å²) in [6, 6.07) is 13.7. The minimum atomic E-state index is -0.563. The van der Waals surface area contributed by atoms with E-state index in [2.05, 4.69) is 5.32 Å². The van der Waals surface area contributed by atoms with Crippen LogP contribution >= 0.6 is 0 Å². The van der Waals surface area contributed by atoms with E-state index in [1.54, 1.807) is 24.3 Å². The van der Waals surface area contributed by atoms with E-state index in [1.807, 2.05) is 24.3 Å². The molecule has 122 valence electrons. The second kappa shape index (κ2) is 6.28. The summed E-state index contributed by atoms with van der Waals surface area (Å²) in [6.07, 6.45) is 0.493. The average molecular weight is 322 g/mol. The summed E-state index contributed by atoms with van der Waals surface area (Å²) in [6.45, 7) is 2.96. The molecule has 24 heavy (non-hydrogen) atoms. The third kappa shape index (κ3) is 2.93. The molecule has 0 aromatic heterocycles. The summed E-state index contributed by atoms with van der Waals surface area (Å²) < 4.78 is 0. The molecule has 1 N–H and O–H groups in total. The molecule has 0 saturated heterocycles. The van der Waals surface area contributed by atoms with Crippen LogP contribution in [-0.2, 0) is 16.0 Å². The zero-order valence-corrected chi connectivity index (χ0v) is 13.6. The molecule has 2 aromatic carbocycles. The van der Waals surface area contributed by atoms with Crippen LogP contribution in [0.3, 0.4) is 0 Å². The molecule has 1 atom stereocenters. The van der Waals surface area contributed by atoms with Gasteiger partial charge in [0, 0.05) is 30.3 Å². The zero-order valence-electron chi connectivity index (χ0n) is 13.6. The minimum Gasteiger partial charge on any atom is -0.324 e. The number of Topliss-reactive ketones (excluding diaryl/α,β-unsaturated/α-hetero) is 1. The van der Waals surface area contributed by atoms with Gasteiger partial charge in [0.05, 0.1) is 0 Å². The number of nitrogens with zero attached hydrogens (tertiary/aromatic N) is 1. The van der Waals surface area contributed by atoms with Crippen molar-refractivity contribution in [3.8, 4) is 0 Å². The van der Waals surface area contributed by atoms with Crippen LogP contribution in [0.15, 0.2) is 48.5 Å². The van der Waals surface area contributed by atoms with Crippen LogP contribution in [0, 0.1) is 0 Å². The number of carbonyl (C=O) groups excluding carboxylic acids is 3. The summed E-state index contributed by atoms with van der Waals surface area (Å²) in [5.41, 5.74) is 2.97. The first-order valence-electron chi connectivity index (χ1n) is 7.77. The fourth-order valence-corrected chi connectivity index (χ4v) is 3.00. The number of hydrogen-bond acceptors (Lipinski definition) is 3. The Hall–Kier alpha value is -2.95. The number of amides is 2. The smallest absolute Gasteiger partial charge is 0.247 e. The van der Waals surface area contributed by atoms with Gasteiger partial charge in [-0.25, -0.2) is 0 Å². The lowest BCUT2D eigenvalue weighted by Gasteiger charge is -2.23. The highest BCUT2D eigenvalue weighted by Crippen LogP contribution is 2.32. The van der Waals surface area contributed by atoms with Gasteiger partial charge < -0.3 is 5.32 Å². The van der Waals surface area contributed by atoms with Crippen LogP contribution in [-0.4, -0.2) is 23.6 Å². The Morgan fingerprint density at radius 2 is 1.67 bits per heavy atom. The van der Waals surface area contributed by atoms with Crippen molar-refractivity contribution >= 4 is 29.0 Å². The molecule has 1 unspecified atom stereocenters. The molecule has 5 heteroatoms. The Morgan fingerprint density at radius 3 is 2.29 bits per heavy atom. The number of benzene rings is 2. The maximum absolute atomic E-state index is 12.6. The largest absolute Gasteiger partial charge is 0.324 e. The first-order chi connectivity index (χ1) is 11.5. The molecule has 1 aliphatic heterocycles. The van der Waals surface area contributed by atoms with Crippen LogP contribution in [0.1, 0.15) is 29.8 Å². The molecule has 0 aliphatic carbocycles. The van der Waals surface area contributed by atoms with Gasteiger partial charge in [-0.05, 0) is 42.8 Å². The second-order valence-corrected chi connectivity index (χ2v) is 5.86. The lowest BCUT2D eigenvalue weighted by atomic mass is 10.1. The molecule has 5 nitrogen and oxygen atoms in total. The predicted octanol–water partition coefficient (Wildman–Crippen LogP) is 2.81. The van der Waals surface area contributed by atoms with Crippen LogP contribution in [0.25, 0.3) is 0 Å². The summed E-state index contributed by atoms with van der Waals surface area (Å²) in [5.74, 6) is -0.425. The molecule has 2 aromatic rings. The van der Waals surface area contributed by atoms with Crippen molar-refractivity contribution in [2.75, 3.05) is 10.2 Å². The van der Waals surface area contributed by atoms with E-state index in [1.165, 1.54) is 18.7 Å². The van der Waals surface area contributed by atoms with Gasteiger partial charge in [-0.2, -0.15) is 0 Å². The first-order valence-corrected chi connectivity index (χ1v) is 7.77. The van der Waals surface area contributed by atoms with Gasteiger partial charge in [0.2, 0.25) is 11.8 Å². The lowest BCUT2D eigenvalue weighted by molar-refractivity contribution is -0.122. The maximum atomic E-state index is 12.6. The van der Waals surface area contributed by atoms with Crippen LogP contribution in [0.5, 0.6) is 0 Å². The molecule has 0 radical (unpaired) electrons. The summed E-state index contributed by atoms with van der Waals surface area (Å²) in [4.78, 5) is 37.5. The molecule has 0 saturated carbocycles. The van der Waals surface area contributed by atoms with Crippen molar-refractivity contribution in [2.45, 2.75) is 26.3 Å². The molecule has 0 bridgehead atoms. The topological polar surface area (TPSA) is 66.5 Å². The summed E-state index contributed by atoms with van der Waals surface area (Å²) in [5, 5.41) is 2.83. The van der Waals surface area contributed by atoms with Gasteiger partial charge >= 0.3 is 0 Å². The highest BCUT2D eigenvalue weighted by atomic mass is 16.2. The average Bonchev–Trinajstić information content (AvgIpc) is 2.95. The van der Waals surface area contributed by atoms with Crippen LogP contribution < -0.4 is 10.2 Å². The fraction of sp³-hybridized carbons (Fsp3) is 0.211. The number of fused-ring (bicyclic) bond motifs is 1. The van der Waals surface area contributed by atoms with Crippen molar-refractivity contribution in [1.29, 1.82) is 0 Å². The van der Waals surface area contributed by atoms with Gasteiger partial charge in [-0.3, -0.25) is 19.3 Å². The number of anilines is 2. The van der Waals surface area contributed by atoms with E-state index < -0.39 is 6.04 Å². The summed E-state index contributed by atoms with van der Waals surface area (Å²) in [7, 11) is 0. The van der Waals surface area contributed by atoms with Gasteiger partial charge in [-0.1, -0.05) is 18.2 Å². The number of hydrogen-bond donors (Lipinski definition) is 1. The molecule has 2 amide bonds. The SMILES string of the molecule is CC(=O)c1ccc(NC(=O)C2Cc3ccccc3N2C(C)=O)cc1. The first kappa shape index (κ1) is 15.9. The van der Waals surface area contributed by atoms with Crippen molar-refractivity contribution < 1.29 is 14.4 Å². The van der Waals surface area contributed by atoms with Gasteiger partial charge in [0.15, 0.2) is 5.78 Å². The number of para-hydroxylation sites is 1. The van der Waals surface area contributed by atoms with E-state index in [0.29, 0.717) is 17.7 Å². The summed E-state index contributed by atoms with van der Waals surface area (Å²) >= 11 is 0. The molecule has 1 heterocycles. The van der Waals surface area contributed by atoms with E-state index >= 15 is 0 Å². The highest BCUT2D eigenvalue weighted by molar-refractivity contribution is 6.06. The number of carbonyl (C=O) groups is 3. The Labute approximate surface area is 140 Å². The normalized spacial score (nSPS) is 15.8. The lowest BCUT2D eigenvalue weighted by Crippen LogP contribution is -2.44. The Balaban J connectivity index is 1.80. The van der Waals surface area contributed by atoms with Gasteiger partial charge in [0.25, 0.3) is 0 Å². The van der Waals surface area contributed by atoms with E-state index in [-0.39, 0.29) is 17.6 Å². The standard InChI is InChI=1S/C19H18N2O3/c1-12(22)14-7-9-16(10-8-14)20-19(24)18-11-15-5-3-4-6-17(15)21(18)13(2)23/h3-10,18H,11H2,1-2H3,(H,20,24). The van der Waals surface area contributed by atoms with E-state index in [4.69, 9.17) is 0 Å². The Kier molecular flexibility index (Phi) is 4.16. The third-order valence-electron chi connectivity index (χ3n) is 4.18. The molecular formula is C19H18N2O3. The van der Waals surface area contributed by atoms with E-state index in [0.717, 1.165) is 11.3 Å². The highest BCUT2D eigenvalue weighted by Gasteiger charge is 2.36.